The maximum atomic E-state index is 11.2. The molecule has 0 saturated heterocycles. The fourth-order valence-electron chi connectivity index (χ4n) is 3.08. The van der Waals surface area contributed by atoms with Crippen molar-refractivity contribution in [3.05, 3.63) is 89.4 Å². The molecule has 0 saturated carbocycles. The summed E-state index contributed by atoms with van der Waals surface area (Å²) in [4.78, 5) is 21.7. The highest BCUT2D eigenvalue weighted by Crippen LogP contribution is 2.36. The van der Waals surface area contributed by atoms with Crippen LogP contribution in [0.25, 0.3) is 27.5 Å². The zero-order chi connectivity index (χ0) is 18.5. The average Bonchev–Trinajstić information content (AvgIpc) is 2.68. The van der Waals surface area contributed by atoms with Gasteiger partial charge in [-0.1, -0.05) is 66.4 Å². The lowest BCUT2D eigenvalue weighted by Gasteiger charge is -2.13. The van der Waals surface area contributed by atoms with Crippen molar-refractivity contribution < 1.29 is 9.90 Å². The predicted molar refractivity (Wildman–Crippen MR) is 105 cm³/mol. The van der Waals surface area contributed by atoms with Crippen molar-refractivity contribution in [1.82, 2.24) is 0 Å². The van der Waals surface area contributed by atoms with Gasteiger partial charge in [-0.05, 0) is 45.2 Å². The molecular weight excluding hydrogens is 326 g/mol. The summed E-state index contributed by atoms with van der Waals surface area (Å²) < 4.78 is 0. The number of allylic oxidation sites excluding steroid dienone is 2. The first-order valence-corrected chi connectivity index (χ1v) is 8.12. The normalized spacial score (nSPS) is 11.3. The van der Waals surface area contributed by atoms with Crippen LogP contribution >= 0.6 is 0 Å². The van der Waals surface area contributed by atoms with E-state index in [-0.39, 0.29) is 17.9 Å². The lowest BCUT2D eigenvalue weighted by Crippen LogP contribution is -1.91. The second-order valence-corrected chi connectivity index (χ2v) is 5.78. The molecule has 26 heavy (non-hydrogen) atoms. The van der Waals surface area contributed by atoms with E-state index in [2.05, 4.69) is 11.8 Å². The van der Waals surface area contributed by atoms with E-state index in [0.29, 0.717) is 6.29 Å². The molecule has 0 atom stereocenters. The molecule has 0 unspecified atom stereocenters. The molecule has 0 bridgehead atoms. The van der Waals surface area contributed by atoms with E-state index in [1.54, 1.807) is 24.3 Å². The van der Waals surface area contributed by atoms with Gasteiger partial charge in [0.1, 0.15) is 12.3 Å². The Morgan fingerprint density at radius 1 is 1.12 bits per heavy atom. The van der Waals surface area contributed by atoms with E-state index >= 15 is 0 Å². The summed E-state index contributed by atoms with van der Waals surface area (Å²) in [7, 11) is 0. The van der Waals surface area contributed by atoms with Gasteiger partial charge in [0.25, 0.3) is 0 Å². The number of nitroso groups, excluding NO2 is 1. The molecule has 0 spiro atoms. The Hall–Kier alpha value is -3.53. The van der Waals surface area contributed by atoms with Crippen LogP contribution in [0.5, 0.6) is 5.75 Å². The number of carbonyl (C=O) groups is 1. The second-order valence-electron chi connectivity index (χ2n) is 5.78. The smallest absolute Gasteiger partial charge is 0.153 e. The number of aromatic hydroxyl groups is 1. The Labute approximate surface area is 151 Å². The monoisotopic (exact) mass is 343 g/mol. The molecule has 3 aromatic carbocycles. The van der Waals surface area contributed by atoms with Crippen LogP contribution < -0.4 is 0 Å². The van der Waals surface area contributed by atoms with Crippen LogP contribution in [0.1, 0.15) is 15.9 Å². The number of rotatable bonds is 6. The molecular formula is C22H17NO3. The first-order valence-electron chi connectivity index (χ1n) is 8.12. The Morgan fingerprint density at radius 2 is 1.88 bits per heavy atom. The molecule has 0 amide bonds. The minimum atomic E-state index is -0.0482. The largest absolute Gasteiger partial charge is 0.507 e. The number of aldehydes is 1. The molecule has 0 radical (unpaired) electrons. The summed E-state index contributed by atoms with van der Waals surface area (Å²) in [6.07, 6.45) is 4.07. The van der Waals surface area contributed by atoms with Gasteiger partial charge in [-0.15, -0.1) is 0 Å². The van der Waals surface area contributed by atoms with Crippen molar-refractivity contribution in [3.63, 3.8) is 0 Å². The zero-order valence-corrected chi connectivity index (χ0v) is 14.1. The molecule has 3 aromatic rings. The molecule has 0 aliphatic rings. The van der Waals surface area contributed by atoms with Crippen LogP contribution in [0.15, 0.2) is 78.5 Å². The third-order valence-corrected chi connectivity index (χ3v) is 4.29. The highest BCUT2D eigenvalue weighted by molar-refractivity contribution is 6.05. The highest BCUT2D eigenvalue weighted by Gasteiger charge is 2.12. The average molecular weight is 343 g/mol. The number of phenolic OH excluding ortho intramolecular Hbond substituents is 1. The first kappa shape index (κ1) is 17.3. The summed E-state index contributed by atoms with van der Waals surface area (Å²) in [5, 5.41) is 14.7. The number of benzene rings is 3. The molecule has 0 aromatic heterocycles. The SMILES string of the molecule is C=C/C(=C\CN=O)c1cccc2cccc(-c3ccc(O)c(C=O)c3)c12. The highest BCUT2D eigenvalue weighted by atomic mass is 16.3. The van der Waals surface area contributed by atoms with Gasteiger partial charge in [-0.25, -0.2) is 0 Å². The number of phenols is 1. The van der Waals surface area contributed by atoms with Crippen LogP contribution in [0, 0.1) is 4.91 Å². The van der Waals surface area contributed by atoms with Crippen molar-refractivity contribution in [2.75, 3.05) is 6.54 Å². The van der Waals surface area contributed by atoms with E-state index < -0.39 is 0 Å². The third kappa shape index (κ3) is 3.17. The van der Waals surface area contributed by atoms with Gasteiger partial charge in [0, 0.05) is 0 Å². The van der Waals surface area contributed by atoms with Gasteiger partial charge < -0.3 is 5.11 Å². The van der Waals surface area contributed by atoms with E-state index in [1.165, 1.54) is 6.07 Å². The van der Waals surface area contributed by atoms with Crippen LogP contribution in [-0.4, -0.2) is 17.9 Å². The first-order chi connectivity index (χ1) is 12.7. The van der Waals surface area contributed by atoms with Crippen molar-refractivity contribution in [1.29, 1.82) is 0 Å². The van der Waals surface area contributed by atoms with Crippen molar-refractivity contribution in [3.8, 4) is 16.9 Å². The molecule has 0 aliphatic carbocycles. The van der Waals surface area contributed by atoms with E-state index in [4.69, 9.17) is 0 Å². The number of hydrogen-bond donors (Lipinski definition) is 1. The summed E-state index contributed by atoms with van der Waals surface area (Å²) in [5.74, 6) is -0.0482. The summed E-state index contributed by atoms with van der Waals surface area (Å²) in [5.41, 5.74) is 3.73. The molecule has 128 valence electrons. The van der Waals surface area contributed by atoms with Gasteiger partial charge in [0.15, 0.2) is 6.29 Å². The van der Waals surface area contributed by atoms with Crippen LogP contribution in [0.4, 0.5) is 0 Å². The maximum Gasteiger partial charge on any atom is 0.153 e. The Morgan fingerprint density at radius 3 is 2.58 bits per heavy atom. The zero-order valence-electron chi connectivity index (χ0n) is 14.1. The molecule has 0 heterocycles. The quantitative estimate of drug-likeness (QED) is 0.372. The molecule has 0 fully saturated rings. The third-order valence-electron chi connectivity index (χ3n) is 4.29. The van der Waals surface area contributed by atoms with E-state index in [1.807, 2.05) is 36.4 Å². The molecule has 4 heteroatoms. The Kier molecular flexibility index (Phi) is 5.04. The molecule has 0 aliphatic heterocycles. The molecule has 1 N–H and O–H groups in total. The molecule has 4 nitrogen and oxygen atoms in total. The molecule has 3 rings (SSSR count). The van der Waals surface area contributed by atoms with E-state index in [0.717, 1.165) is 33.0 Å². The van der Waals surface area contributed by atoms with Gasteiger partial charge in [0.05, 0.1) is 5.56 Å². The lowest BCUT2D eigenvalue weighted by molar-refractivity contribution is 0.112. The minimum Gasteiger partial charge on any atom is -0.507 e. The predicted octanol–water partition coefficient (Wildman–Crippen LogP) is 5.36. The lowest BCUT2D eigenvalue weighted by atomic mass is 9.90. The maximum absolute atomic E-state index is 11.2. The van der Waals surface area contributed by atoms with Gasteiger partial charge in [-0.2, -0.15) is 4.91 Å². The fraction of sp³-hybridized carbons (Fsp3) is 0.0455. The number of nitrogens with zero attached hydrogens (tertiary/aromatic N) is 1. The van der Waals surface area contributed by atoms with Crippen LogP contribution in [0.3, 0.4) is 0 Å². The van der Waals surface area contributed by atoms with Crippen molar-refractivity contribution in [2.45, 2.75) is 0 Å². The topological polar surface area (TPSA) is 66.7 Å². The van der Waals surface area contributed by atoms with Gasteiger partial charge >= 0.3 is 0 Å². The van der Waals surface area contributed by atoms with E-state index in [9.17, 15) is 14.8 Å². The summed E-state index contributed by atoms with van der Waals surface area (Å²) in [6.45, 7) is 3.91. The Bertz CT molecular complexity index is 1030. The fourth-order valence-corrected chi connectivity index (χ4v) is 3.08. The number of carbonyl (C=O) groups excluding carboxylic acids is 1. The Balaban J connectivity index is 2.32. The standard InChI is InChI=1S/C22H17NO3/c1-2-15(11-12-23-26)19-7-3-5-16-6-4-8-20(22(16)19)17-9-10-21(25)18(13-17)14-24/h2-11,13-14,25H,1,12H2/b15-11+. The van der Waals surface area contributed by atoms with Crippen LogP contribution in [0.2, 0.25) is 0 Å². The second kappa shape index (κ2) is 7.57. The number of fused-ring (bicyclic) bond motifs is 1. The van der Waals surface area contributed by atoms with Gasteiger partial charge in [-0.3, -0.25) is 4.79 Å². The summed E-state index contributed by atoms with van der Waals surface area (Å²) in [6, 6.07) is 16.8. The number of hydrogen-bond acceptors (Lipinski definition) is 4. The van der Waals surface area contributed by atoms with Crippen LogP contribution in [-0.2, 0) is 0 Å². The minimum absolute atomic E-state index is 0.0482. The van der Waals surface area contributed by atoms with Crippen molar-refractivity contribution >= 4 is 22.6 Å². The van der Waals surface area contributed by atoms with Crippen molar-refractivity contribution in [2.24, 2.45) is 5.18 Å². The summed E-state index contributed by atoms with van der Waals surface area (Å²) >= 11 is 0. The van der Waals surface area contributed by atoms with Gasteiger partial charge in [0.2, 0.25) is 0 Å².